The van der Waals surface area contributed by atoms with Crippen molar-refractivity contribution in [2.24, 2.45) is 51.8 Å². The largest absolute Gasteiger partial charge is 0.481 e. The third kappa shape index (κ3) is 4.47. The molecule has 0 aromatic heterocycles. The minimum atomic E-state index is -0.883. The third-order valence-corrected chi connectivity index (χ3v) is 12.1. The van der Waals surface area contributed by atoms with Gasteiger partial charge in [0.25, 0.3) is 0 Å². The summed E-state index contributed by atoms with van der Waals surface area (Å²) < 4.78 is 5.92. The Morgan fingerprint density at radius 3 is 2.32 bits per heavy atom. The average Bonchev–Trinajstić information content (AvgIpc) is 3.08. The molecule has 6 nitrogen and oxygen atoms in total. The average molecular weight is 539 g/mol. The Bertz CT molecular complexity index is 931. The molecule has 37 heavy (non-hydrogen) atoms. The number of hydrogen-bond donors (Lipinski definition) is 3. The quantitative estimate of drug-likeness (QED) is 0.236. The highest BCUT2D eigenvalue weighted by Crippen LogP contribution is 2.74. The van der Waals surface area contributed by atoms with Gasteiger partial charge in [-0.15, -0.1) is 11.6 Å². The third-order valence-electron chi connectivity index (χ3n) is 11.9. The zero-order valence-electron chi connectivity index (χ0n) is 23.4. The maximum atomic E-state index is 12.6. The van der Waals surface area contributed by atoms with Crippen molar-refractivity contribution in [2.45, 2.75) is 105 Å². The van der Waals surface area contributed by atoms with Crippen LogP contribution in [0.3, 0.4) is 0 Å². The molecule has 4 fully saturated rings. The van der Waals surface area contributed by atoms with Crippen LogP contribution in [0.15, 0.2) is 11.6 Å². The zero-order chi connectivity index (χ0) is 27.5. The number of carboxylic acid groups (broad SMARTS) is 1. The lowest BCUT2D eigenvalue weighted by atomic mass is 9.36. The van der Waals surface area contributed by atoms with Gasteiger partial charge in [-0.3, -0.25) is 9.59 Å². The van der Waals surface area contributed by atoms with Crippen molar-refractivity contribution in [1.29, 1.82) is 0 Å². The molecule has 0 amide bonds. The molecular weight excluding hydrogens is 492 g/mol. The Morgan fingerprint density at radius 1 is 1.05 bits per heavy atom. The first-order valence-corrected chi connectivity index (χ1v) is 14.7. The fourth-order valence-electron chi connectivity index (χ4n) is 10.1. The van der Waals surface area contributed by atoms with E-state index >= 15 is 0 Å². The maximum Gasteiger partial charge on any atom is 0.321 e. The number of carboxylic acids is 1. The van der Waals surface area contributed by atoms with Gasteiger partial charge in [0.2, 0.25) is 0 Å². The normalized spacial score (nSPS) is 47.7. The van der Waals surface area contributed by atoms with E-state index in [0.29, 0.717) is 25.2 Å². The van der Waals surface area contributed by atoms with E-state index in [1.807, 2.05) is 19.9 Å². The zero-order valence-corrected chi connectivity index (χ0v) is 24.1. The first kappa shape index (κ1) is 28.9. The topological polar surface area (TPSA) is 104 Å². The van der Waals surface area contributed by atoms with Crippen LogP contribution < -0.4 is 0 Å². The van der Waals surface area contributed by atoms with Crippen molar-refractivity contribution >= 4 is 23.5 Å². The van der Waals surface area contributed by atoms with Crippen LogP contribution in [0.2, 0.25) is 0 Å². The fourth-order valence-corrected chi connectivity index (χ4v) is 10.2. The van der Waals surface area contributed by atoms with Crippen molar-refractivity contribution in [3.63, 3.8) is 0 Å². The Kier molecular flexibility index (Phi) is 7.91. The summed E-state index contributed by atoms with van der Waals surface area (Å²) in [5, 5.41) is 32.9. The molecule has 0 radical (unpaired) electrons. The van der Waals surface area contributed by atoms with Gasteiger partial charge in [0.1, 0.15) is 12.0 Å². The lowest BCUT2D eigenvalue weighted by Gasteiger charge is -2.69. The first-order chi connectivity index (χ1) is 17.2. The monoisotopic (exact) mass is 538 g/mol. The second-order valence-electron chi connectivity index (χ2n) is 13.7. The maximum absolute atomic E-state index is 12.6. The number of alkyl halides is 1. The predicted octanol–water partition coefficient (Wildman–Crippen LogP) is 5.43. The molecule has 4 aliphatic rings. The van der Waals surface area contributed by atoms with Crippen LogP contribution in [0.1, 0.15) is 86.5 Å². The van der Waals surface area contributed by atoms with Gasteiger partial charge in [-0.1, -0.05) is 39.3 Å². The van der Waals surface area contributed by atoms with Crippen LogP contribution in [0.5, 0.6) is 0 Å². The highest BCUT2D eigenvalue weighted by Gasteiger charge is 2.72. The number of carbonyl (C=O) groups excluding carboxylic acids is 1. The number of aliphatic carboxylic acids is 1. The van der Waals surface area contributed by atoms with Crippen LogP contribution in [-0.2, 0) is 14.3 Å². The van der Waals surface area contributed by atoms with E-state index in [1.54, 1.807) is 0 Å². The number of allylic oxidation sites excluding steroid dienone is 2. The second kappa shape index (κ2) is 10.1. The van der Waals surface area contributed by atoms with Gasteiger partial charge < -0.3 is 20.1 Å². The molecule has 0 saturated heterocycles. The molecule has 7 heteroatoms. The number of halogens is 1. The molecule has 4 aliphatic carbocycles. The first-order valence-electron chi connectivity index (χ1n) is 14.2. The molecule has 0 aliphatic heterocycles. The number of carbonyl (C=O) groups is 2. The Morgan fingerprint density at radius 2 is 1.73 bits per heavy atom. The summed E-state index contributed by atoms with van der Waals surface area (Å²) in [5.41, 5.74) is 0.401. The summed E-state index contributed by atoms with van der Waals surface area (Å²) >= 11 is 5.83. The minimum absolute atomic E-state index is 0.0409. The number of ether oxygens (including phenoxy) is 1. The number of aliphatic hydroxyl groups is 2. The van der Waals surface area contributed by atoms with Gasteiger partial charge in [0, 0.05) is 5.92 Å². The highest BCUT2D eigenvalue weighted by atomic mass is 35.5. The summed E-state index contributed by atoms with van der Waals surface area (Å²) in [6, 6.07) is 0. The number of esters is 1. The van der Waals surface area contributed by atoms with E-state index < -0.39 is 36.0 Å². The van der Waals surface area contributed by atoms with Crippen molar-refractivity contribution in [3.05, 3.63) is 11.6 Å². The van der Waals surface area contributed by atoms with Crippen molar-refractivity contribution < 1.29 is 29.6 Å². The molecule has 0 aromatic rings. The Balaban J connectivity index is 1.78. The number of hydrogen-bond acceptors (Lipinski definition) is 5. The van der Waals surface area contributed by atoms with Crippen LogP contribution >= 0.6 is 11.6 Å². The molecule has 0 heterocycles. The minimum Gasteiger partial charge on any atom is -0.481 e. The predicted molar refractivity (Wildman–Crippen MR) is 143 cm³/mol. The molecule has 4 saturated carbocycles. The van der Waals surface area contributed by atoms with E-state index in [1.165, 1.54) is 0 Å². The summed E-state index contributed by atoms with van der Waals surface area (Å²) in [4.78, 5) is 25.1. The smallest absolute Gasteiger partial charge is 0.321 e. The standard InChI is InChI=1S/C30H47ClO6/c1-16(2)7-8-18(27(35)36)25-20-13-22(33)26-28(4)11-10-21(32)17(3)19(28)9-12-29(26,5)30(20,6)14-23(25)37-24(34)15-31/h7,17-23,25-26,32-33H,8-15H2,1-6H3,(H,35,36)/t17-,18+,19?,20?,21+,22+,23-,25+,26?,28-,29-,30-/m0/s1. The molecular formula is C30H47ClO6. The Hall–Kier alpha value is -1.11. The molecule has 0 bridgehead atoms. The molecule has 210 valence electrons. The van der Waals surface area contributed by atoms with E-state index in [2.05, 4.69) is 27.7 Å². The Labute approximate surface area is 227 Å². The lowest BCUT2D eigenvalue weighted by Crippen LogP contribution is -2.66. The summed E-state index contributed by atoms with van der Waals surface area (Å²) in [5.74, 6) is -2.28. The molecule has 3 N–H and O–H groups in total. The van der Waals surface area contributed by atoms with Crippen LogP contribution in [0.25, 0.3) is 0 Å². The van der Waals surface area contributed by atoms with Gasteiger partial charge in [0.05, 0.1) is 18.1 Å². The van der Waals surface area contributed by atoms with Crippen LogP contribution in [-0.4, -0.2) is 51.5 Å². The van der Waals surface area contributed by atoms with Gasteiger partial charge in [-0.05, 0) is 98.7 Å². The number of rotatable bonds is 6. The molecule has 4 rings (SSSR count). The molecule has 0 spiro atoms. The van der Waals surface area contributed by atoms with E-state index in [9.17, 15) is 24.9 Å². The fraction of sp³-hybridized carbons (Fsp3) is 0.867. The van der Waals surface area contributed by atoms with Crippen LogP contribution in [0.4, 0.5) is 0 Å². The summed E-state index contributed by atoms with van der Waals surface area (Å²) in [6.45, 7) is 13.0. The molecule has 0 aromatic carbocycles. The van der Waals surface area contributed by atoms with Crippen molar-refractivity contribution in [3.8, 4) is 0 Å². The van der Waals surface area contributed by atoms with E-state index in [0.717, 1.165) is 31.3 Å². The number of fused-ring (bicyclic) bond motifs is 5. The SMILES string of the molecule is CC(C)=CC[C@@H](C(=O)O)[C@@H]1C2C[C@@H](O)C3[C@@]4(C)CC[C@@H](O)[C@@H](C)C4CC[C@]3(C)[C@@]2(C)C[C@@H]1OC(=O)CCl. The summed E-state index contributed by atoms with van der Waals surface area (Å²) in [7, 11) is 0. The highest BCUT2D eigenvalue weighted by molar-refractivity contribution is 6.26. The molecule has 12 atom stereocenters. The molecule has 3 unspecified atom stereocenters. The van der Waals surface area contributed by atoms with E-state index in [4.69, 9.17) is 16.3 Å². The van der Waals surface area contributed by atoms with Gasteiger partial charge in [-0.2, -0.15) is 0 Å². The summed E-state index contributed by atoms with van der Waals surface area (Å²) in [6.07, 6.45) is 5.53. The van der Waals surface area contributed by atoms with Crippen molar-refractivity contribution in [2.75, 3.05) is 5.88 Å². The van der Waals surface area contributed by atoms with Gasteiger partial charge in [-0.25, -0.2) is 0 Å². The number of aliphatic hydroxyl groups excluding tert-OH is 2. The van der Waals surface area contributed by atoms with Crippen molar-refractivity contribution in [1.82, 2.24) is 0 Å². The second-order valence-corrected chi connectivity index (χ2v) is 14.0. The van der Waals surface area contributed by atoms with Crippen LogP contribution in [0, 0.1) is 51.8 Å². The van der Waals surface area contributed by atoms with E-state index in [-0.39, 0.29) is 46.0 Å². The lowest BCUT2D eigenvalue weighted by molar-refractivity contribution is -0.240. The van der Waals surface area contributed by atoms with Gasteiger partial charge in [0.15, 0.2) is 0 Å². The van der Waals surface area contributed by atoms with Gasteiger partial charge >= 0.3 is 11.9 Å².